The van der Waals surface area contributed by atoms with Crippen LogP contribution in [0.1, 0.15) is 46.6 Å². The molecule has 1 saturated carbocycles. The number of amides is 1. The number of anilines is 1. The third-order valence-corrected chi connectivity index (χ3v) is 5.03. The van der Waals surface area contributed by atoms with Gasteiger partial charge >= 0.3 is 0 Å². The Balaban J connectivity index is 1.97. The second-order valence-corrected chi connectivity index (χ2v) is 7.35. The van der Waals surface area contributed by atoms with Gasteiger partial charge in [-0.1, -0.05) is 26.0 Å². The molecule has 2 rings (SSSR count). The van der Waals surface area contributed by atoms with Crippen molar-refractivity contribution in [3.8, 4) is 0 Å². The highest BCUT2D eigenvalue weighted by molar-refractivity contribution is 5.99. The molecule has 2 unspecified atom stereocenters. The average Bonchev–Trinajstić information content (AvgIpc) is 2.53. The molecular weight excluding hydrogens is 304 g/mol. The molecule has 5 nitrogen and oxygen atoms in total. The molecule has 134 valence electrons. The predicted molar refractivity (Wildman–Crippen MR) is 95.7 cm³/mol. The highest BCUT2D eigenvalue weighted by atomic mass is 16.5. The SMILES string of the molecule is CCOC1CC(N)(C(=O)Nc2ccc(COC(C)C)cc2)C1(C)C. The number of rotatable bonds is 7. The second-order valence-electron chi connectivity index (χ2n) is 7.35. The van der Waals surface area contributed by atoms with Gasteiger partial charge in [0.2, 0.25) is 5.91 Å². The van der Waals surface area contributed by atoms with Gasteiger partial charge in [0.25, 0.3) is 0 Å². The van der Waals surface area contributed by atoms with Crippen LogP contribution in [0.4, 0.5) is 5.69 Å². The van der Waals surface area contributed by atoms with E-state index in [-0.39, 0.29) is 18.1 Å². The summed E-state index contributed by atoms with van der Waals surface area (Å²) >= 11 is 0. The van der Waals surface area contributed by atoms with E-state index in [1.807, 2.05) is 58.9 Å². The molecule has 0 radical (unpaired) electrons. The molecule has 2 atom stereocenters. The molecule has 0 spiro atoms. The molecule has 1 aliphatic rings. The third kappa shape index (κ3) is 3.63. The fourth-order valence-corrected chi connectivity index (χ4v) is 3.01. The summed E-state index contributed by atoms with van der Waals surface area (Å²) in [4.78, 5) is 12.7. The van der Waals surface area contributed by atoms with Crippen molar-refractivity contribution in [2.45, 2.75) is 65.4 Å². The molecule has 24 heavy (non-hydrogen) atoms. The first-order chi connectivity index (χ1) is 11.2. The van der Waals surface area contributed by atoms with Gasteiger partial charge in [0.1, 0.15) is 5.54 Å². The molecule has 1 aromatic carbocycles. The molecule has 1 amide bonds. The Morgan fingerprint density at radius 2 is 1.96 bits per heavy atom. The van der Waals surface area contributed by atoms with E-state index in [2.05, 4.69) is 5.32 Å². The summed E-state index contributed by atoms with van der Waals surface area (Å²) in [7, 11) is 0. The molecule has 0 saturated heterocycles. The fourth-order valence-electron chi connectivity index (χ4n) is 3.01. The average molecular weight is 334 g/mol. The Bertz CT molecular complexity index is 568. The molecule has 0 bridgehead atoms. The van der Waals surface area contributed by atoms with E-state index in [9.17, 15) is 4.79 Å². The summed E-state index contributed by atoms with van der Waals surface area (Å²) < 4.78 is 11.2. The minimum atomic E-state index is -0.910. The lowest BCUT2D eigenvalue weighted by atomic mass is 9.54. The van der Waals surface area contributed by atoms with Crippen LogP contribution in [-0.2, 0) is 20.9 Å². The maximum Gasteiger partial charge on any atom is 0.245 e. The number of benzene rings is 1. The van der Waals surface area contributed by atoms with Gasteiger partial charge in [-0.2, -0.15) is 0 Å². The van der Waals surface area contributed by atoms with E-state index < -0.39 is 11.0 Å². The van der Waals surface area contributed by atoms with E-state index in [1.54, 1.807) is 0 Å². The largest absolute Gasteiger partial charge is 0.378 e. The Morgan fingerprint density at radius 3 is 2.46 bits per heavy atom. The molecule has 1 fully saturated rings. The zero-order valence-corrected chi connectivity index (χ0v) is 15.4. The van der Waals surface area contributed by atoms with Crippen LogP contribution in [0.3, 0.4) is 0 Å². The van der Waals surface area contributed by atoms with Crippen LogP contribution in [0.2, 0.25) is 0 Å². The number of hydrogen-bond donors (Lipinski definition) is 2. The van der Waals surface area contributed by atoms with Crippen LogP contribution in [0, 0.1) is 5.41 Å². The molecule has 1 aromatic rings. The van der Waals surface area contributed by atoms with Crippen molar-refractivity contribution in [1.82, 2.24) is 0 Å². The van der Waals surface area contributed by atoms with Crippen molar-refractivity contribution >= 4 is 11.6 Å². The maximum absolute atomic E-state index is 12.7. The van der Waals surface area contributed by atoms with Crippen molar-refractivity contribution in [1.29, 1.82) is 0 Å². The topological polar surface area (TPSA) is 73.6 Å². The second kappa shape index (κ2) is 7.21. The lowest BCUT2D eigenvalue weighted by Crippen LogP contribution is -2.74. The molecule has 0 heterocycles. The highest BCUT2D eigenvalue weighted by Crippen LogP contribution is 2.50. The minimum absolute atomic E-state index is 0.0220. The fraction of sp³-hybridized carbons (Fsp3) is 0.632. The zero-order valence-electron chi connectivity index (χ0n) is 15.4. The molecule has 5 heteroatoms. The summed E-state index contributed by atoms with van der Waals surface area (Å²) in [6.45, 7) is 11.1. The van der Waals surface area contributed by atoms with Crippen molar-refractivity contribution in [2.75, 3.05) is 11.9 Å². The van der Waals surface area contributed by atoms with Crippen molar-refractivity contribution in [3.05, 3.63) is 29.8 Å². The van der Waals surface area contributed by atoms with Crippen LogP contribution in [0.25, 0.3) is 0 Å². The molecular formula is C19H30N2O3. The number of carbonyl (C=O) groups is 1. The number of nitrogens with one attached hydrogen (secondary N) is 1. The Morgan fingerprint density at radius 1 is 1.33 bits per heavy atom. The van der Waals surface area contributed by atoms with E-state index >= 15 is 0 Å². The van der Waals surface area contributed by atoms with E-state index in [0.29, 0.717) is 19.6 Å². The van der Waals surface area contributed by atoms with Crippen LogP contribution in [0.15, 0.2) is 24.3 Å². The van der Waals surface area contributed by atoms with Crippen LogP contribution < -0.4 is 11.1 Å². The Labute approximate surface area is 144 Å². The summed E-state index contributed by atoms with van der Waals surface area (Å²) in [5.41, 5.74) is 6.91. The monoisotopic (exact) mass is 334 g/mol. The van der Waals surface area contributed by atoms with Gasteiger partial charge in [0.15, 0.2) is 0 Å². The van der Waals surface area contributed by atoms with Crippen molar-refractivity contribution < 1.29 is 14.3 Å². The lowest BCUT2D eigenvalue weighted by Gasteiger charge is -2.57. The van der Waals surface area contributed by atoms with E-state index in [1.165, 1.54) is 0 Å². The Hall–Kier alpha value is -1.43. The standard InChI is InChI=1S/C19H30N2O3/c1-6-23-16-11-19(20,18(16,4)5)17(22)21-15-9-7-14(8-10-15)12-24-13(2)3/h7-10,13,16H,6,11-12,20H2,1-5H3,(H,21,22). The molecule has 3 N–H and O–H groups in total. The van der Waals surface area contributed by atoms with Gasteiger partial charge in [0, 0.05) is 24.1 Å². The lowest BCUT2D eigenvalue weighted by molar-refractivity contribution is -0.166. The van der Waals surface area contributed by atoms with E-state index in [0.717, 1.165) is 11.3 Å². The van der Waals surface area contributed by atoms with Crippen molar-refractivity contribution in [3.63, 3.8) is 0 Å². The molecule has 0 aliphatic heterocycles. The number of hydrogen-bond acceptors (Lipinski definition) is 4. The minimum Gasteiger partial charge on any atom is -0.378 e. The van der Waals surface area contributed by atoms with Gasteiger partial charge in [0.05, 0.1) is 18.8 Å². The first-order valence-corrected chi connectivity index (χ1v) is 8.63. The summed E-state index contributed by atoms with van der Waals surface area (Å²) in [5.74, 6) is -0.158. The number of nitrogens with two attached hydrogens (primary N) is 1. The van der Waals surface area contributed by atoms with E-state index in [4.69, 9.17) is 15.2 Å². The van der Waals surface area contributed by atoms with Gasteiger partial charge in [-0.05, 0) is 38.5 Å². The number of ether oxygens (including phenoxy) is 2. The highest BCUT2D eigenvalue weighted by Gasteiger charge is 2.62. The summed E-state index contributed by atoms with van der Waals surface area (Å²) in [6.07, 6.45) is 0.759. The third-order valence-electron chi connectivity index (χ3n) is 5.03. The van der Waals surface area contributed by atoms with Gasteiger partial charge in [-0.3, -0.25) is 4.79 Å². The zero-order chi connectivity index (χ0) is 18.0. The first-order valence-electron chi connectivity index (χ1n) is 8.63. The normalized spacial score (nSPS) is 25.4. The van der Waals surface area contributed by atoms with Crippen LogP contribution >= 0.6 is 0 Å². The molecule has 1 aliphatic carbocycles. The van der Waals surface area contributed by atoms with Gasteiger partial charge < -0.3 is 20.5 Å². The first kappa shape index (κ1) is 18.9. The van der Waals surface area contributed by atoms with Gasteiger partial charge in [-0.25, -0.2) is 0 Å². The molecule has 0 aromatic heterocycles. The maximum atomic E-state index is 12.7. The smallest absolute Gasteiger partial charge is 0.245 e. The summed E-state index contributed by atoms with van der Waals surface area (Å²) in [6, 6.07) is 7.67. The van der Waals surface area contributed by atoms with Crippen molar-refractivity contribution in [2.24, 2.45) is 11.1 Å². The van der Waals surface area contributed by atoms with Crippen LogP contribution in [0.5, 0.6) is 0 Å². The Kier molecular flexibility index (Phi) is 5.68. The quantitative estimate of drug-likeness (QED) is 0.803. The number of carbonyl (C=O) groups excluding carboxylic acids is 1. The predicted octanol–water partition coefficient (Wildman–Crippen LogP) is 3.08. The summed E-state index contributed by atoms with van der Waals surface area (Å²) in [5, 5.41) is 2.93. The van der Waals surface area contributed by atoms with Crippen LogP contribution in [-0.4, -0.2) is 30.3 Å². The van der Waals surface area contributed by atoms with Gasteiger partial charge in [-0.15, -0.1) is 0 Å².